The molecule has 0 aliphatic heterocycles. The molecule has 7 heteroatoms. The monoisotopic (exact) mass is 334 g/mol. The highest BCUT2D eigenvalue weighted by Crippen LogP contribution is 2.22. The minimum Gasteiger partial charge on any atom is -0.484 e. The topological polar surface area (TPSA) is 76.7 Å². The first-order chi connectivity index (χ1) is 11.1. The smallest absolute Gasteiger partial charge is 0.276 e. The number of para-hydroxylation sites is 2. The second kappa shape index (κ2) is 8.65. The van der Waals surface area contributed by atoms with Crippen molar-refractivity contribution in [3.8, 4) is 11.5 Å². The van der Waals surface area contributed by atoms with Crippen molar-refractivity contribution in [3.63, 3.8) is 0 Å². The van der Waals surface area contributed by atoms with Crippen LogP contribution in [0.4, 0.5) is 0 Å². The molecular weight excluding hydrogens is 320 g/mol. The van der Waals surface area contributed by atoms with Gasteiger partial charge in [-0.05, 0) is 24.3 Å². The predicted molar refractivity (Wildman–Crippen MR) is 85.2 cm³/mol. The molecule has 120 valence electrons. The molecule has 2 aromatic carbocycles. The first-order valence-corrected chi connectivity index (χ1v) is 7.16. The lowest BCUT2D eigenvalue weighted by Gasteiger charge is -2.10. The number of carbonyl (C=O) groups excluding carboxylic acids is 2. The molecule has 0 radical (unpaired) electrons. The maximum atomic E-state index is 11.6. The molecule has 0 heterocycles. The highest BCUT2D eigenvalue weighted by molar-refractivity contribution is 6.32. The normalized spacial score (nSPS) is 9.78. The van der Waals surface area contributed by atoms with Crippen LogP contribution in [-0.4, -0.2) is 25.0 Å². The van der Waals surface area contributed by atoms with Crippen molar-refractivity contribution in [2.45, 2.75) is 0 Å². The molecule has 2 aromatic rings. The number of rotatable bonds is 6. The SMILES string of the molecule is O=C(COc1ccccc1)NNC(=O)COc1ccccc1Cl. The second-order valence-electron chi connectivity index (χ2n) is 4.42. The average Bonchev–Trinajstić information content (AvgIpc) is 2.58. The molecule has 0 fully saturated rings. The van der Waals surface area contributed by atoms with Gasteiger partial charge in [-0.25, -0.2) is 0 Å². The Labute approximate surface area is 138 Å². The molecule has 0 atom stereocenters. The van der Waals surface area contributed by atoms with Gasteiger partial charge in [0.2, 0.25) is 0 Å². The fourth-order valence-corrected chi connectivity index (χ4v) is 1.77. The number of benzene rings is 2. The van der Waals surface area contributed by atoms with Gasteiger partial charge in [-0.3, -0.25) is 20.4 Å². The van der Waals surface area contributed by atoms with E-state index in [0.717, 1.165) is 0 Å². The third-order valence-electron chi connectivity index (χ3n) is 2.65. The van der Waals surface area contributed by atoms with Gasteiger partial charge in [0.15, 0.2) is 13.2 Å². The number of amides is 2. The van der Waals surface area contributed by atoms with Crippen LogP contribution < -0.4 is 20.3 Å². The Morgan fingerprint density at radius 1 is 0.826 bits per heavy atom. The Balaban J connectivity index is 1.66. The molecule has 0 bridgehead atoms. The van der Waals surface area contributed by atoms with Crippen LogP contribution in [0.25, 0.3) is 0 Å². The first kappa shape index (κ1) is 16.6. The van der Waals surface area contributed by atoms with Crippen molar-refractivity contribution >= 4 is 23.4 Å². The van der Waals surface area contributed by atoms with E-state index in [-0.39, 0.29) is 13.2 Å². The van der Waals surface area contributed by atoms with Crippen molar-refractivity contribution in [1.29, 1.82) is 0 Å². The van der Waals surface area contributed by atoms with E-state index in [1.54, 1.807) is 48.5 Å². The van der Waals surface area contributed by atoms with Gasteiger partial charge in [0.25, 0.3) is 11.8 Å². The number of nitrogens with one attached hydrogen (secondary N) is 2. The van der Waals surface area contributed by atoms with Gasteiger partial charge in [0, 0.05) is 0 Å². The van der Waals surface area contributed by atoms with Gasteiger partial charge in [-0.1, -0.05) is 41.9 Å². The standard InChI is InChI=1S/C16H15ClN2O4/c17-13-8-4-5-9-14(13)23-11-16(21)19-18-15(20)10-22-12-6-2-1-3-7-12/h1-9H,10-11H2,(H,18,20)(H,19,21). The third-order valence-corrected chi connectivity index (χ3v) is 2.96. The molecule has 2 rings (SSSR count). The molecule has 2 amide bonds. The lowest BCUT2D eigenvalue weighted by Crippen LogP contribution is -2.45. The zero-order valence-electron chi connectivity index (χ0n) is 12.1. The maximum Gasteiger partial charge on any atom is 0.276 e. The zero-order chi connectivity index (χ0) is 16.5. The number of hydrogen-bond donors (Lipinski definition) is 2. The molecule has 6 nitrogen and oxygen atoms in total. The van der Waals surface area contributed by atoms with E-state index in [2.05, 4.69) is 10.9 Å². The number of ether oxygens (including phenoxy) is 2. The average molecular weight is 335 g/mol. The zero-order valence-corrected chi connectivity index (χ0v) is 12.9. The largest absolute Gasteiger partial charge is 0.484 e. The van der Waals surface area contributed by atoms with Crippen molar-refractivity contribution in [2.75, 3.05) is 13.2 Å². The summed E-state index contributed by atoms with van der Waals surface area (Å²) in [7, 11) is 0. The summed E-state index contributed by atoms with van der Waals surface area (Å²) >= 11 is 5.89. The molecule has 0 unspecified atom stereocenters. The third kappa shape index (κ3) is 5.88. The van der Waals surface area contributed by atoms with Crippen LogP contribution in [0.5, 0.6) is 11.5 Å². The van der Waals surface area contributed by atoms with Gasteiger partial charge in [-0.15, -0.1) is 0 Å². The lowest BCUT2D eigenvalue weighted by molar-refractivity contribution is -0.131. The number of halogens is 1. The van der Waals surface area contributed by atoms with E-state index in [4.69, 9.17) is 21.1 Å². The minimum absolute atomic E-state index is 0.213. The summed E-state index contributed by atoms with van der Waals surface area (Å²) in [6.45, 7) is -0.487. The van der Waals surface area contributed by atoms with Gasteiger partial charge >= 0.3 is 0 Å². The van der Waals surface area contributed by atoms with Gasteiger partial charge in [-0.2, -0.15) is 0 Å². The summed E-state index contributed by atoms with van der Waals surface area (Å²) in [5.41, 5.74) is 4.45. The number of hydrogen-bond acceptors (Lipinski definition) is 4. The van der Waals surface area contributed by atoms with Crippen molar-refractivity contribution in [2.24, 2.45) is 0 Å². The van der Waals surface area contributed by atoms with Crippen LogP contribution >= 0.6 is 11.6 Å². The van der Waals surface area contributed by atoms with E-state index in [1.165, 1.54) is 0 Å². The summed E-state index contributed by atoms with van der Waals surface area (Å²) < 4.78 is 10.5. The quantitative estimate of drug-likeness (QED) is 0.792. The van der Waals surface area contributed by atoms with E-state index in [9.17, 15) is 9.59 Å². The molecule has 2 N–H and O–H groups in total. The minimum atomic E-state index is -0.516. The highest BCUT2D eigenvalue weighted by Gasteiger charge is 2.07. The first-order valence-electron chi connectivity index (χ1n) is 6.78. The second-order valence-corrected chi connectivity index (χ2v) is 4.82. The number of carbonyl (C=O) groups is 2. The molecule has 0 spiro atoms. The van der Waals surface area contributed by atoms with Gasteiger partial charge in [0.1, 0.15) is 11.5 Å². The van der Waals surface area contributed by atoms with Crippen LogP contribution in [0.3, 0.4) is 0 Å². The molecule has 0 aromatic heterocycles. The van der Waals surface area contributed by atoms with Crippen LogP contribution in [0.1, 0.15) is 0 Å². The van der Waals surface area contributed by atoms with Crippen LogP contribution in [0, 0.1) is 0 Å². The lowest BCUT2D eigenvalue weighted by atomic mass is 10.3. The van der Waals surface area contributed by atoms with Crippen LogP contribution in [0.2, 0.25) is 5.02 Å². The van der Waals surface area contributed by atoms with Crippen molar-refractivity contribution in [1.82, 2.24) is 10.9 Å². The number of hydrazine groups is 1. The van der Waals surface area contributed by atoms with E-state index in [1.807, 2.05) is 6.07 Å². The predicted octanol–water partition coefficient (Wildman–Crippen LogP) is 1.95. The van der Waals surface area contributed by atoms with Gasteiger partial charge in [0.05, 0.1) is 5.02 Å². The van der Waals surface area contributed by atoms with Crippen molar-refractivity contribution in [3.05, 3.63) is 59.6 Å². The van der Waals surface area contributed by atoms with E-state index >= 15 is 0 Å². The molecule has 0 saturated carbocycles. The molecule has 0 aliphatic carbocycles. The van der Waals surface area contributed by atoms with E-state index < -0.39 is 11.8 Å². The molecular formula is C16H15ClN2O4. The summed E-state index contributed by atoms with van der Waals surface area (Å²) in [5, 5.41) is 0.403. The van der Waals surface area contributed by atoms with Crippen molar-refractivity contribution < 1.29 is 19.1 Å². The van der Waals surface area contributed by atoms with E-state index in [0.29, 0.717) is 16.5 Å². The Morgan fingerprint density at radius 3 is 2.04 bits per heavy atom. The highest BCUT2D eigenvalue weighted by atomic mass is 35.5. The molecule has 0 aliphatic rings. The molecule has 23 heavy (non-hydrogen) atoms. The van der Waals surface area contributed by atoms with Crippen LogP contribution in [-0.2, 0) is 9.59 Å². The Bertz CT molecular complexity index is 664. The molecule has 0 saturated heterocycles. The van der Waals surface area contributed by atoms with Crippen LogP contribution in [0.15, 0.2) is 54.6 Å². The fraction of sp³-hybridized carbons (Fsp3) is 0.125. The maximum absolute atomic E-state index is 11.6. The summed E-state index contributed by atoms with van der Waals surface area (Å²) in [4.78, 5) is 23.1. The Kier molecular flexibility index (Phi) is 6.26. The summed E-state index contributed by atoms with van der Waals surface area (Å²) in [6.07, 6.45) is 0. The Morgan fingerprint density at radius 2 is 1.39 bits per heavy atom. The van der Waals surface area contributed by atoms with Gasteiger partial charge < -0.3 is 9.47 Å². The summed E-state index contributed by atoms with van der Waals surface area (Å²) in [6, 6.07) is 15.7. The fourth-order valence-electron chi connectivity index (χ4n) is 1.58. The Hall–Kier alpha value is -2.73. The summed E-state index contributed by atoms with van der Waals surface area (Å²) in [5.74, 6) is -0.0444.